The van der Waals surface area contributed by atoms with E-state index in [-0.39, 0.29) is 0 Å². The number of hydrogen-bond donors (Lipinski definition) is 1. The van der Waals surface area contributed by atoms with E-state index in [9.17, 15) is 0 Å². The summed E-state index contributed by atoms with van der Waals surface area (Å²) in [4.78, 5) is 0. The summed E-state index contributed by atoms with van der Waals surface area (Å²) in [5, 5.41) is 3.48. The van der Waals surface area contributed by atoms with Crippen molar-refractivity contribution in [3.63, 3.8) is 0 Å². The molecule has 0 amide bonds. The standard InChI is InChI=1S/C12H15BrClN/c13-11-4-2-1-3-10(11)7-15-9-12(8-14)5-6-12/h1-4,15H,5-9H2. The van der Waals surface area contributed by atoms with Crippen LogP contribution in [0.4, 0.5) is 0 Å². The summed E-state index contributed by atoms with van der Waals surface area (Å²) < 4.78 is 1.17. The fourth-order valence-corrected chi connectivity index (χ4v) is 2.43. The summed E-state index contributed by atoms with van der Waals surface area (Å²) in [5.41, 5.74) is 1.71. The van der Waals surface area contributed by atoms with Crippen molar-refractivity contribution in [2.45, 2.75) is 19.4 Å². The number of hydrogen-bond acceptors (Lipinski definition) is 1. The SMILES string of the molecule is ClCC1(CNCc2ccccc2Br)CC1. The largest absolute Gasteiger partial charge is 0.312 e. The van der Waals surface area contributed by atoms with Crippen LogP contribution in [0, 0.1) is 5.41 Å². The van der Waals surface area contributed by atoms with Crippen molar-refractivity contribution in [1.29, 1.82) is 0 Å². The van der Waals surface area contributed by atoms with Gasteiger partial charge < -0.3 is 5.32 Å². The summed E-state index contributed by atoms with van der Waals surface area (Å²) >= 11 is 9.46. The Morgan fingerprint density at radius 3 is 2.67 bits per heavy atom. The minimum atomic E-state index is 0.406. The molecule has 2 rings (SSSR count). The van der Waals surface area contributed by atoms with Gasteiger partial charge in [-0.1, -0.05) is 34.1 Å². The first-order chi connectivity index (χ1) is 7.26. The van der Waals surface area contributed by atoms with Crippen molar-refractivity contribution in [3.05, 3.63) is 34.3 Å². The number of halogens is 2. The highest BCUT2D eigenvalue weighted by Crippen LogP contribution is 2.45. The van der Waals surface area contributed by atoms with Gasteiger partial charge in [-0.15, -0.1) is 11.6 Å². The van der Waals surface area contributed by atoms with E-state index in [1.165, 1.54) is 22.9 Å². The normalized spacial score (nSPS) is 17.7. The van der Waals surface area contributed by atoms with E-state index in [4.69, 9.17) is 11.6 Å². The van der Waals surface area contributed by atoms with E-state index >= 15 is 0 Å². The Morgan fingerprint density at radius 2 is 2.07 bits per heavy atom. The van der Waals surface area contributed by atoms with Gasteiger partial charge in [-0.3, -0.25) is 0 Å². The lowest BCUT2D eigenvalue weighted by Gasteiger charge is -2.12. The highest BCUT2D eigenvalue weighted by Gasteiger charge is 2.41. The highest BCUT2D eigenvalue weighted by molar-refractivity contribution is 9.10. The van der Waals surface area contributed by atoms with Crippen LogP contribution in [0.15, 0.2) is 28.7 Å². The molecule has 0 atom stereocenters. The smallest absolute Gasteiger partial charge is 0.0292 e. The molecule has 0 spiro atoms. The third-order valence-electron chi connectivity index (χ3n) is 3.01. The van der Waals surface area contributed by atoms with Crippen molar-refractivity contribution in [1.82, 2.24) is 5.32 Å². The third kappa shape index (κ3) is 2.96. The Balaban J connectivity index is 1.81. The average Bonchev–Trinajstić information content (AvgIpc) is 3.02. The fraction of sp³-hybridized carbons (Fsp3) is 0.500. The molecule has 1 aromatic carbocycles. The van der Waals surface area contributed by atoms with E-state index in [1.54, 1.807) is 0 Å². The van der Waals surface area contributed by atoms with Gasteiger partial charge in [0.05, 0.1) is 0 Å². The zero-order chi connectivity index (χ0) is 10.7. The molecule has 0 bridgehead atoms. The molecule has 1 aromatic rings. The molecular weight excluding hydrogens is 273 g/mol. The van der Waals surface area contributed by atoms with Gasteiger partial charge in [-0.05, 0) is 29.9 Å². The van der Waals surface area contributed by atoms with Gasteiger partial charge in [0.15, 0.2) is 0 Å². The first kappa shape index (κ1) is 11.4. The number of nitrogens with one attached hydrogen (secondary N) is 1. The van der Waals surface area contributed by atoms with Gasteiger partial charge in [-0.2, -0.15) is 0 Å². The van der Waals surface area contributed by atoms with E-state index in [1.807, 2.05) is 6.07 Å². The molecule has 1 N–H and O–H groups in total. The predicted octanol–water partition coefficient (Wildman–Crippen LogP) is 3.56. The van der Waals surface area contributed by atoms with E-state index in [2.05, 4.69) is 39.4 Å². The summed E-state index contributed by atoms with van der Waals surface area (Å²) in [7, 11) is 0. The lowest BCUT2D eigenvalue weighted by Crippen LogP contribution is -2.24. The van der Waals surface area contributed by atoms with Crippen molar-refractivity contribution >= 4 is 27.5 Å². The lowest BCUT2D eigenvalue weighted by molar-refractivity contribution is 0.504. The first-order valence-corrected chi connectivity index (χ1v) is 6.59. The summed E-state index contributed by atoms with van der Waals surface area (Å²) in [6, 6.07) is 8.31. The Morgan fingerprint density at radius 1 is 1.33 bits per heavy atom. The van der Waals surface area contributed by atoms with Gasteiger partial charge in [0.25, 0.3) is 0 Å². The molecule has 15 heavy (non-hydrogen) atoms. The number of rotatable bonds is 5. The van der Waals surface area contributed by atoms with Crippen molar-refractivity contribution in [3.8, 4) is 0 Å². The molecule has 1 aliphatic carbocycles. The zero-order valence-corrected chi connectivity index (χ0v) is 10.9. The Labute approximate surface area is 104 Å². The maximum atomic E-state index is 5.92. The van der Waals surface area contributed by atoms with Crippen LogP contribution in [0.2, 0.25) is 0 Å². The second kappa shape index (κ2) is 4.86. The summed E-state index contributed by atoms with van der Waals surface area (Å²) in [5.74, 6) is 0.788. The highest BCUT2D eigenvalue weighted by atomic mass is 79.9. The van der Waals surface area contributed by atoms with Crippen molar-refractivity contribution in [2.75, 3.05) is 12.4 Å². The molecule has 0 radical (unpaired) electrons. The fourth-order valence-electron chi connectivity index (χ4n) is 1.64. The van der Waals surface area contributed by atoms with Crippen LogP contribution in [0.25, 0.3) is 0 Å². The van der Waals surface area contributed by atoms with Gasteiger partial charge in [0, 0.05) is 23.4 Å². The van der Waals surface area contributed by atoms with Crippen LogP contribution >= 0.6 is 27.5 Å². The van der Waals surface area contributed by atoms with Gasteiger partial charge >= 0.3 is 0 Å². The second-order valence-electron chi connectivity index (χ2n) is 4.33. The Bertz CT molecular complexity index is 336. The van der Waals surface area contributed by atoms with Crippen molar-refractivity contribution in [2.24, 2.45) is 5.41 Å². The molecule has 1 saturated carbocycles. The van der Waals surface area contributed by atoms with Crippen LogP contribution in [-0.4, -0.2) is 12.4 Å². The summed E-state index contributed by atoms with van der Waals surface area (Å²) in [6.45, 7) is 1.96. The second-order valence-corrected chi connectivity index (χ2v) is 5.45. The molecule has 1 nitrogen and oxygen atoms in total. The molecule has 1 aliphatic rings. The molecule has 3 heteroatoms. The van der Waals surface area contributed by atoms with Gasteiger partial charge in [0.2, 0.25) is 0 Å². The zero-order valence-electron chi connectivity index (χ0n) is 8.60. The minimum Gasteiger partial charge on any atom is -0.312 e. The number of alkyl halides is 1. The maximum Gasteiger partial charge on any atom is 0.0292 e. The minimum absolute atomic E-state index is 0.406. The molecule has 0 aromatic heterocycles. The average molecular weight is 289 g/mol. The monoisotopic (exact) mass is 287 g/mol. The van der Waals surface area contributed by atoms with Crippen LogP contribution in [0.5, 0.6) is 0 Å². The van der Waals surface area contributed by atoms with E-state index in [0.29, 0.717) is 5.41 Å². The van der Waals surface area contributed by atoms with Crippen LogP contribution in [-0.2, 0) is 6.54 Å². The molecule has 0 heterocycles. The quantitative estimate of drug-likeness (QED) is 0.817. The Kier molecular flexibility index (Phi) is 3.70. The van der Waals surface area contributed by atoms with E-state index < -0.39 is 0 Å². The van der Waals surface area contributed by atoms with E-state index in [0.717, 1.165) is 19.0 Å². The van der Waals surface area contributed by atoms with Crippen LogP contribution < -0.4 is 5.32 Å². The van der Waals surface area contributed by atoms with Gasteiger partial charge in [0.1, 0.15) is 0 Å². The summed E-state index contributed by atoms with van der Waals surface area (Å²) in [6.07, 6.45) is 2.55. The molecule has 0 unspecified atom stereocenters. The maximum absolute atomic E-state index is 5.92. The van der Waals surface area contributed by atoms with Crippen LogP contribution in [0.1, 0.15) is 18.4 Å². The lowest BCUT2D eigenvalue weighted by atomic mass is 10.1. The molecule has 0 saturated heterocycles. The molecular formula is C12H15BrClN. The van der Waals surface area contributed by atoms with Crippen LogP contribution in [0.3, 0.4) is 0 Å². The van der Waals surface area contributed by atoms with Crippen molar-refractivity contribution < 1.29 is 0 Å². The Hall–Kier alpha value is -0.0500. The molecule has 0 aliphatic heterocycles. The third-order valence-corrected chi connectivity index (χ3v) is 4.35. The molecule has 82 valence electrons. The predicted molar refractivity (Wildman–Crippen MR) is 68.2 cm³/mol. The first-order valence-electron chi connectivity index (χ1n) is 5.26. The molecule has 1 fully saturated rings. The number of benzene rings is 1. The van der Waals surface area contributed by atoms with Gasteiger partial charge in [-0.25, -0.2) is 0 Å². The topological polar surface area (TPSA) is 12.0 Å².